The van der Waals surface area contributed by atoms with Crippen molar-refractivity contribution in [2.75, 3.05) is 18.5 Å². The van der Waals surface area contributed by atoms with Crippen LogP contribution in [-0.2, 0) is 4.79 Å². The smallest absolute Gasteiger partial charge is 0.266 e. The van der Waals surface area contributed by atoms with E-state index in [1.54, 1.807) is 30.5 Å². The molecule has 1 aromatic heterocycles. The van der Waals surface area contributed by atoms with Crippen molar-refractivity contribution in [1.29, 1.82) is 5.26 Å². The number of nitriles is 1. The highest BCUT2D eigenvalue weighted by Crippen LogP contribution is 2.32. The summed E-state index contributed by atoms with van der Waals surface area (Å²) >= 11 is 0. The Kier molecular flexibility index (Phi) is 4.04. The molecule has 2 aromatic carbocycles. The molecule has 128 valence electrons. The van der Waals surface area contributed by atoms with Gasteiger partial charge in [-0.1, -0.05) is 18.2 Å². The Bertz CT molecular complexity index is 1060. The summed E-state index contributed by atoms with van der Waals surface area (Å²) in [5.74, 6) is 0.742. The lowest BCUT2D eigenvalue weighted by Crippen LogP contribution is -2.17. The molecule has 0 aliphatic carbocycles. The highest BCUT2D eigenvalue weighted by atomic mass is 16.6. The van der Waals surface area contributed by atoms with Gasteiger partial charge in [-0.05, 0) is 24.3 Å². The Morgan fingerprint density at radius 1 is 1.15 bits per heavy atom. The van der Waals surface area contributed by atoms with E-state index in [1.807, 2.05) is 30.3 Å². The number of rotatable bonds is 3. The van der Waals surface area contributed by atoms with Gasteiger partial charge in [0.05, 0.1) is 0 Å². The number of nitrogens with zero attached hydrogens (tertiary/aromatic N) is 1. The number of aromatic amines is 1. The minimum Gasteiger partial charge on any atom is -0.486 e. The summed E-state index contributed by atoms with van der Waals surface area (Å²) in [6, 6.07) is 14.8. The van der Waals surface area contributed by atoms with E-state index in [0.717, 1.165) is 16.5 Å². The van der Waals surface area contributed by atoms with Crippen LogP contribution in [0, 0.1) is 11.3 Å². The van der Waals surface area contributed by atoms with Crippen LogP contribution >= 0.6 is 0 Å². The first-order chi connectivity index (χ1) is 12.7. The molecule has 2 heterocycles. The van der Waals surface area contributed by atoms with E-state index in [9.17, 15) is 10.1 Å². The summed E-state index contributed by atoms with van der Waals surface area (Å²) in [5, 5.41) is 13.1. The van der Waals surface area contributed by atoms with Crippen LogP contribution in [0.3, 0.4) is 0 Å². The summed E-state index contributed by atoms with van der Waals surface area (Å²) in [4.78, 5) is 15.6. The third-order valence-corrected chi connectivity index (χ3v) is 4.09. The largest absolute Gasteiger partial charge is 0.486 e. The fourth-order valence-corrected chi connectivity index (χ4v) is 2.84. The number of nitrogens with one attached hydrogen (secondary N) is 2. The molecule has 1 aliphatic heterocycles. The minimum atomic E-state index is -0.477. The van der Waals surface area contributed by atoms with E-state index < -0.39 is 5.91 Å². The van der Waals surface area contributed by atoms with Crippen LogP contribution in [0.1, 0.15) is 5.56 Å². The van der Waals surface area contributed by atoms with Crippen molar-refractivity contribution in [2.24, 2.45) is 0 Å². The monoisotopic (exact) mass is 345 g/mol. The molecular weight excluding hydrogens is 330 g/mol. The van der Waals surface area contributed by atoms with Crippen molar-refractivity contribution in [3.8, 4) is 17.6 Å². The summed E-state index contributed by atoms with van der Waals surface area (Å²) < 4.78 is 11.0. The maximum Gasteiger partial charge on any atom is 0.266 e. The van der Waals surface area contributed by atoms with E-state index in [4.69, 9.17) is 9.47 Å². The number of benzene rings is 2. The van der Waals surface area contributed by atoms with E-state index in [-0.39, 0.29) is 5.57 Å². The van der Waals surface area contributed by atoms with Gasteiger partial charge in [-0.25, -0.2) is 0 Å². The molecule has 0 saturated carbocycles. The van der Waals surface area contributed by atoms with Gasteiger partial charge >= 0.3 is 0 Å². The third kappa shape index (κ3) is 2.98. The van der Waals surface area contributed by atoms with Gasteiger partial charge in [-0.2, -0.15) is 5.26 Å². The van der Waals surface area contributed by atoms with Crippen LogP contribution < -0.4 is 14.8 Å². The number of aromatic nitrogens is 1. The lowest BCUT2D eigenvalue weighted by Gasteiger charge is -2.18. The van der Waals surface area contributed by atoms with Crippen LogP contribution in [-0.4, -0.2) is 24.1 Å². The van der Waals surface area contributed by atoms with Gasteiger partial charge in [-0.3, -0.25) is 4.79 Å². The van der Waals surface area contributed by atoms with Crippen LogP contribution in [0.2, 0.25) is 0 Å². The number of amides is 1. The topological polar surface area (TPSA) is 87.1 Å². The molecule has 0 fully saturated rings. The molecule has 0 spiro atoms. The Labute approximate surface area is 149 Å². The number of carbonyl (C=O) groups is 1. The van der Waals surface area contributed by atoms with Gasteiger partial charge < -0.3 is 19.8 Å². The lowest BCUT2D eigenvalue weighted by molar-refractivity contribution is -0.112. The number of hydrogen-bond donors (Lipinski definition) is 2. The Balaban J connectivity index is 1.59. The van der Waals surface area contributed by atoms with E-state index in [1.165, 1.54) is 0 Å². The van der Waals surface area contributed by atoms with Crippen molar-refractivity contribution in [1.82, 2.24) is 4.98 Å². The molecule has 0 unspecified atom stereocenters. The normalized spacial score (nSPS) is 13.3. The minimum absolute atomic E-state index is 0.0182. The highest BCUT2D eigenvalue weighted by Gasteiger charge is 2.15. The average Bonchev–Trinajstić information content (AvgIpc) is 3.09. The first kappa shape index (κ1) is 15.8. The zero-order chi connectivity index (χ0) is 17.9. The predicted octanol–water partition coefficient (Wildman–Crippen LogP) is 3.48. The molecule has 26 heavy (non-hydrogen) atoms. The molecule has 6 heteroatoms. The number of H-pyrrole nitrogens is 1. The molecule has 2 N–H and O–H groups in total. The van der Waals surface area contributed by atoms with Crippen molar-refractivity contribution < 1.29 is 14.3 Å². The zero-order valence-electron chi connectivity index (χ0n) is 13.8. The second-order valence-corrected chi connectivity index (χ2v) is 5.77. The van der Waals surface area contributed by atoms with Crippen molar-refractivity contribution in [3.05, 3.63) is 59.8 Å². The van der Waals surface area contributed by atoms with Gasteiger partial charge in [0.15, 0.2) is 11.5 Å². The summed E-state index contributed by atoms with van der Waals surface area (Å²) in [5.41, 5.74) is 2.29. The maximum atomic E-state index is 12.5. The number of fused-ring (bicyclic) bond motifs is 2. The number of para-hydroxylation sites is 1. The van der Waals surface area contributed by atoms with Gasteiger partial charge in [0.25, 0.3) is 5.91 Å². The third-order valence-electron chi connectivity index (χ3n) is 4.09. The maximum absolute atomic E-state index is 12.5. The van der Waals surface area contributed by atoms with E-state index in [0.29, 0.717) is 30.4 Å². The fraction of sp³-hybridized carbons (Fsp3) is 0.100. The van der Waals surface area contributed by atoms with E-state index in [2.05, 4.69) is 10.3 Å². The predicted molar refractivity (Wildman–Crippen MR) is 98.0 cm³/mol. The number of ether oxygens (including phenoxy) is 2. The second-order valence-electron chi connectivity index (χ2n) is 5.77. The Morgan fingerprint density at radius 2 is 1.96 bits per heavy atom. The molecule has 3 aromatic rings. The lowest BCUT2D eigenvalue weighted by atomic mass is 10.1. The highest BCUT2D eigenvalue weighted by molar-refractivity contribution is 6.10. The first-order valence-electron chi connectivity index (χ1n) is 8.13. The van der Waals surface area contributed by atoms with E-state index >= 15 is 0 Å². The van der Waals surface area contributed by atoms with Gasteiger partial charge in [0.2, 0.25) is 0 Å². The quantitative estimate of drug-likeness (QED) is 0.562. The van der Waals surface area contributed by atoms with Gasteiger partial charge in [0, 0.05) is 34.4 Å². The van der Waals surface area contributed by atoms with Crippen LogP contribution in [0.15, 0.2) is 54.2 Å². The molecule has 0 atom stereocenters. The fourth-order valence-electron chi connectivity index (χ4n) is 2.84. The standard InChI is InChI=1S/C20H15N3O3/c21-11-13(9-14-12-22-17-4-2-1-3-16(14)17)20(24)23-15-5-6-18-19(10-15)26-8-7-25-18/h1-6,9-10,12,22H,7-8H2,(H,23,24). The molecule has 0 saturated heterocycles. The first-order valence-corrected chi connectivity index (χ1v) is 8.13. The molecule has 6 nitrogen and oxygen atoms in total. The van der Waals surface area contributed by atoms with Crippen LogP contribution in [0.25, 0.3) is 17.0 Å². The summed E-state index contributed by atoms with van der Waals surface area (Å²) in [6.07, 6.45) is 3.35. The number of hydrogen-bond acceptors (Lipinski definition) is 4. The zero-order valence-corrected chi connectivity index (χ0v) is 13.8. The molecule has 0 radical (unpaired) electrons. The molecule has 1 amide bonds. The van der Waals surface area contributed by atoms with Gasteiger partial charge in [0.1, 0.15) is 24.9 Å². The number of anilines is 1. The molecule has 1 aliphatic rings. The van der Waals surface area contributed by atoms with Gasteiger partial charge in [-0.15, -0.1) is 0 Å². The molecule has 4 rings (SSSR count). The molecule has 0 bridgehead atoms. The van der Waals surface area contributed by atoms with Crippen molar-refractivity contribution in [2.45, 2.75) is 0 Å². The Hall–Kier alpha value is -3.72. The second kappa shape index (κ2) is 6.65. The number of carbonyl (C=O) groups excluding carboxylic acids is 1. The van der Waals surface area contributed by atoms with Crippen LogP contribution in [0.5, 0.6) is 11.5 Å². The average molecular weight is 345 g/mol. The van der Waals surface area contributed by atoms with Crippen LogP contribution in [0.4, 0.5) is 5.69 Å². The summed E-state index contributed by atoms with van der Waals surface area (Å²) in [6.45, 7) is 0.971. The van der Waals surface area contributed by atoms with Crippen molar-refractivity contribution in [3.63, 3.8) is 0 Å². The van der Waals surface area contributed by atoms with Crippen molar-refractivity contribution >= 4 is 28.6 Å². The summed E-state index contributed by atoms with van der Waals surface area (Å²) in [7, 11) is 0. The SMILES string of the molecule is N#CC(=Cc1c[nH]c2ccccc12)C(=O)Nc1ccc2c(c1)OCCO2. The Morgan fingerprint density at radius 3 is 2.81 bits per heavy atom. The molecular formula is C20H15N3O3.